The lowest BCUT2D eigenvalue weighted by Crippen LogP contribution is -2.37. The summed E-state index contributed by atoms with van der Waals surface area (Å²) in [5.74, 6) is 0.604. The fourth-order valence-corrected chi connectivity index (χ4v) is 2.55. The molecule has 0 spiro atoms. The molecule has 1 aromatic carbocycles. The van der Waals surface area contributed by atoms with Gasteiger partial charge in [-0.3, -0.25) is 4.79 Å². The van der Waals surface area contributed by atoms with Crippen molar-refractivity contribution in [2.24, 2.45) is 11.3 Å². The van der Waals surface area contributed by atoms with E-state index in [4.69, 9.17) is 5.73 Å². The largest absolute Gasteiger partial charge is 0.399 e. The van der Waals surface area contributed by atoms with E-state index in [1.54, 1.807) is 0 Å². The number of amides is 1. The van der Waals surface area contributed by atoms with E-state index in [0.717, 1.165) is 30.8 Å². The first kappa shape index (κ1) is 14.9. The van der Waals surface area contributed by atoms with Crippen LogP contribution in [0.4, 0.5) is 11.4 Å². The molecule has 3 nitrogen and oxygen atoms in total. The minimum absolute atomic E-state index is 0.162. The van der Waals surface area contributed by atoms with Crippen LogP contribution in [-0.4, -0.2) is 12.5 Å². The Morgan fingerprint density at radius 3 is 2.75 bits per heavy atom. The van der Waals surface area contributed by atoms with E-state index >= 15 is 0 Å². The van der Waals surface area contributed by atoms with E-state index in [1.807, 2.05) is 23.1 Å². The van der Waals surface area contributed by atoms with Gasteiger partial charge in [-0.25, -0.2) is 0 Å². The van der Waals surface area contributed by atoms with E-state index in [2.05, 4.69) is 27.7 Å². The van der Waals surface area contributed by atoms with Crippen molar-refractivity contribution in [2.75, 3.05) is 17.2 Å². The normalized spacial score (nSPS) is 16.7. The third-order valence-corrected chi connectivity index (χ3v) is 4.48. The molecule has 1 aliphatic heterocycles. The average Bonchev–Trinajstić information content (AvgIpc) is 2.36. The number of fused-ring (bicyclic) bond motifs is 1. The molecular formula is C17H26N2O. The Labute approximate surface area is 122 Å². The first-order valence-corrected chi connectivity index (χ1v) is 7.48. The van der Waals surface area contributed by atoms with E-state index in [0.29, 0.717) is 12.3 Å². The summed E-state index contributed by atoms with van der Waals surface area (Å²) >= 11 is 0. The van der Waals surface area contributed by atoms with Crippen LogP contribution in [0.25, 0.3) is 0 Å². The molecule has 0 saturated heterocycles. The Morgan fingerprint density at radius 1 is 1.40 bits per heavy atom. The second kappa shape index (κ2) is 5.47. The van der Waals surface area contributed by atoms with Crippen LogP contribution in [0.2, 0.25) is 0 Å². The molecule has 2 N–H and O–H groups in total. The molecule has 20 heavy (non-hydrogen) atoms. The number of aryl methyl sites for hydroxylation is 1. The van der Waals surface area contributed by atoms with Crippen LogP contribution in [0.3, 0.4) is 0 Å². The Bertz CT molecular complexity index is 502. The number of anilines is 2. The van der Waals surface area contributed by atoms with Crippen molar-refractivity contribution in [1.82, 2.24) is 0 Å². The lowest BCUT2D eigenvalue weighted by molar-refractivity contribution is -0.120. The first-order valence-electron chi connectivity index (χ1n) is 7.48. The number of carbonyl (C=O) groups excluding carboxylic acids is 1. The van der Waals surface area contributed by atoms with Crippen molar-refractivity contribution in [2.45, 2.75) is 47.0 Å². The maximum absolute atomic E-state index is 12.6. The van der Waals surface area contributed by atoms with E-state index in [1.165, 1.54) is 5.56 Å². The van der Waals surface area contributed by atoms with Gasteiger partial charge in [0.1, 0.15) is 0 Å². The van der Waals surface area contributed by atoms with E-state index in [-0.39, 0.29) is 11.3 Å². The molecule has 0 aromatic heterocycles. The number of nitrogen functional groups attached to an aromatic ring is 1. The van der Waals surface area contributed by atoms with Gasteiger partial charge in [0.05, 0.1) is 0 Å². The van der Waals surface area contributed by atoms with Crippen molar-refractivity contribution >= 4 is 17.3 Å². The van der Waals surface area contributed by atoms with Gasteiger partial charge in [0, 0.05) is 24.3 Å². The van der Waals surface area contributed by atoms with Gasteiger partial charge in [0.2, 0.25) is 5.91 Å². The highest BCUT2D eigenvalue weighted by Gasteiger charge is 2.27. The van der Waals surface area contributed by atoms with Crippen LogP contribution in [-0.2, 0) is 11.2 Å². The molecule has 0 bridgehead atoms. The smallest absolute Gasteiger partial charge is 0.227 e. The van der Waals surface area contributed by atoms with Gasteiger partial charge in [-0.05, 0) is 47.9 Å². The third kappa shape index (κ3) is 3.14. The molecule has 0 aliphatic carbocycles. The number of nitrogens with zero attached hydrogens (tertiary/aromatic N) is 1. The van der Waals surface area contributed by atoms with E-state index < -0.39 is 0 Å². The highest BCUT2D eigenvalue weighted by molar-refractivity contribution is 5.95. The Kier molecular flexibility index (Phi) is 4.07. The van der Waals surface area contributed by atoms with Gasteiger partial charge in [0.25, 0.3) is 0 Å². The SMILES string of the molecule is CC(CC(=O)N1CCCc2cc(N)ccc21)C(C)(C)C. The lowest BCUT2D eigenvalue weighted by atomic mass is 9.80. The fourth-order valence-electron chi connectivity index (χ4n) is 2.55. The second-order valence-electron chi connectivity index (χ2n) is 7.01. The highest BCUT2D eigenvalue weighted by Crippen LogP contribution is 2.32. The summed E-state index contributed by atoms with van der Waals surface area (Å²) in [5, 5.41) is 0. The number of hydrogen-bond donors (Lipinski definition) is 1. The minimum atomic E-state index is 0.162. The van der Waals surface area contributed by atoms with Gasteiger partial charge in [-0.2, -0.15) is 0 Å². The summed E-state index contributed by atoms with van der Waals surface area (Å²) in [6.07, 6.45) is 2.64. The number of carbonyl (C=O) groups is 1. The molecular weight excluding hydrogens is 248 g/mol. The molecule has 0 fully saturated rings. The molecule has 3 heteroatoms. The number of hydrogen-bond acceptors (Lipinski definition) is 2. The van der Waals surface area contributed by atoms with Crippen molar-refractivity contribution < 1.29 is 4.79 Å². The molecule has 110 valence electrons. The minimum Gasteiger partial charge on any atom is -0.399 e. The van der Waals surface area contributed by atoms with Crippen molar-refractivity contribution in [3.63, 3.8) is 0 Å². The predicted molar refractivity (Wildman–Crippen MR) is 84.8 cm³/mol. The summed E-state index contributed by atoms with van der Waals surface area (Å²) in [4.78, 5) is 14.5. The zero-order chi connectivity index (χ0) is 14.9. The lowest BCUT2D eigenvalue weighted by Gasteiger charge is -2.33. The monoisotopic (exact) mass is 274 g/mol. The van der Waals surface area contributed by atoms with Gasteiger partial charge in [-0.15, -0.1) is 0 Å². The molecule has 1 amide bonds. The summed E-state index contributed by atoms with van der Waals surface area (Å²) < 4.78 is 0. The zero-order valence-electron chi connectivity index (χ0n) is 13.1. The van der Waals surface area contributed by atoms with Crippen molar-refractivity contribution in [3.8, 4) is 0 Å². The van der Waals surface area contributed by atoms with Crippen LogP contribution in [0, 0.1) is 11.3 Å². The predicted octanol–water partition coefficient (Wildman–Crippen LogP) is 3.62. The molecule has 1 aromatic rings. The summed E-state index contributed by atoms with van der Waals surface area (Å²) in [6.45, 7) is 9.56. The maximum atomic E-state index is 12.6. The molecule has 1 atom stereocenters. The van der Waals surface area contributed by atoms with Crippen LogP contribution in [0.15, 0.2) is 18.2 Å². The van der Waals surface area contributed by atoms with Crippen LogP contribution in [0.5, 0.6) is 0 Å². The van der Waals surface area contributed by atoms with Gasteiger partial charge in [0.15, 0.2) is 0 Å². The summed E-state index contributed by atoms with van der Waals surface area (Å²) in [5.41, 5.74) is 9.03. The Balaban J connectivity index is 2.17. The molecule has 0 radical (unpaired) electrons. The quantitative estimate of drug-likeness (QED) is 0.837. The van der Waals surface area contributed by atoms with Gasteiger partial charge in [-0.1, -0.05) is 27.7 Å². The molecule has 0 saturated carbocycles. The van der Waals surface area contributed by atoms with E-state index in [9.17, 15) is 4.79 Å². The number of rotatable bonds is 2. The number of nitrogens with two attached hydrogens (primary N) is 1. The summed E-state index contributed by atoms with van der Waals surface area (Å²) in [6, 6.07) is 5.88. The van der Waals surface area contributed by atoms with Crippen molar-refractivity contribution in [1.29, 1.82) is 0 Å². The molecule has 2 rings (SSSR count). The van der Waals surface area contributed by atoms with Gasteiger partial charge >= 0.3 is 0 Å². The number of benzene rings is 1. The van der Waals surface area contributed by atoms with Crippen LogP contribution in [0.1, 0.15) is 46.1 Å². The highest BCUT2D eigenvalue weighted by atomic mass is 16.2. The van der Waals surface area contributed by atoms with Gasteiger partial charge < -0.3 is 10.6 Å². The molecule has 1 heterocycles. The standard InChI is InChI=1S/C17H26N2O/c1-12(17(2,3)4)10-16(20)19-9-5-6-13-11-14(18)7-8-15(13)19/h7-8,11-12H,5-6,9-10,18H2,1-4H3. The van der Waals surface area contributed by atoms with Crippen molar-refractivity contribution in [3.05, 3.63) is 23.8 Å². The van der Waals surface area contributed by atoms with Crippen LogP contribution < -0.4 is 10.6 Å². The Hall–Kier alpha value is -1.51. The maximum Gasteiger partial charge on any atom is 0.227 e. The first-order chi connectivity index (χ1) is 9.29. The van der Waals surface area contributed by atoms with Crippen LogP contribution >= 0.6 is 0 Å². The average molecular weight is 274 g/mol. The molecule has 1 aliphatic rings. The fraction of sp³-hybridized carbons (Fsp3) is 0.588. The third-order valence-electron chi connectivity index (χ3n) is 4.48. The topological polar surface area (TPSA) is 46.3 Å². The Morgan fingerprint density at radius 2 is 2.10 bits per heavy atom. The molecule has 1 unspecified atom stereocenters. The zero-order valence-corrected chi connectivity index (χ0v) is 13.1. The second-order valence-corrected chi connectivity index (χ2v) is 7.01. The summed E-state index contributed by atoms with van der Waals surface area (Å²) in [7, 11) is 0.